The van der Waals surface area contributed by atoms with Crippen LogP contribution < -0.4 is 0 Å². The van der Waals surface area contributed by atoms with Crippen LogP contribution in [0.4, 0.5) is 0 Å². The number of esters is 1. The van der Waals surface area contributed by atoms with E-state index in [1.54, 1.807) is 0 Å². The van der Waals surface area contributed by atoms with Gasteiger partial charge in [0, 0.05) is 6.21 Å². The minimum Gasteiger partial charge on any atom is -0.464 e. The number of hydrogen-bond acceptors (Lipinski definition) is 3. The Bertz CT molecular complexity index is 648. The van der Waals surface area contributed by atoms with Gasteiger partial charge in [0.05, 0.1) is 6.61 Å². The molecular formula is C30H51NO2. The van der Waals surface area contributed by atoms with E-state index in [2.05, 4.69) is 57.0 Å². The van der Waals surface area contributed by atoms with Crippen molar-refractivity contribution in [1.82, 2.24) is 0 Å². The number of carbonyl (C=O) groups is 1. The Morgan fingerprint density at radius 2 is 1.39 bits per heavy atom. The summed E-state index contributed by atoms with van der Waals surface area (Å²) in [4.78, 5) is 17.2. The summed E-state index contributed by atoms with van der Waals surface area (Å²) in [6, 6.07) is 8.44. The maximum Gasteiger partial charge on any atom is 0.331 e. The van der Waals surface area contributed by atoms with Gasteiger partial charge in [-0.3, -0.25) is 4.99 Å². The highest BCUT2D eigenvalue weighted by Gasteiger charge is 2.22. The van der Waals surface area contributed by atoms with E-state index in [0.29, 0.717) is 12.5 Å². The highest BCUT2D eigenvalue weighted by Crippen LogP contribution is 2.17. The number of nitrogens with zero attached hydrogens (tertiary/aromatic N) is 1. The first-order chi connectivity index (χ1) is 15.8. The van der Waals surface area contributed by atoms with Gasteiger partial charge < -0.3 is 4.74 Å². The normalized spacial score (nSPS) is 13.7. The number of ether oxygens (including phenoxy) is 1. The molecule has 0 N–H and O–H groups in total. The number of rotatable bonds is 18. The van der Waals surface area contributed by atoms with Crippen molar-refractivity contribution in [2.45, 2.75) is 124 Å². The molecule has 0 heterocycles. The summed E-state index contributed by atoms with van der Waals surface area (Å²) in [5, 5.41) is 0. The smallest absolute Gasteiger partial charge is 0.331 e. The number of carbonyl (C=O) groups excluding carboxylic acids is 1. The van der Waals surface area contributed by atoms with Gasteiger partial charge in [0.25, 0.3) is 0 Å². The lowest BCUT2D eigenvalue weighted by Gasteiger charge is -2.16. The quantitative estimate of drug-likeness (QED) is 0.126. The largest absolute Gasteiger partial charge is 0.464 e. The molecule has 0 bridgehead atoms. The Morgan fingerprint density at radius 1 is 0.848 bits per heavy atom. The highest BCUT2D eigenvalue weighted by atomic mass is 16.5. The fourth-order valence-electron chi connectivity index (χ4n) is 4.06. The molecule has 0 aromatic heterocycles. The van der Waals surface area contributed by atoms with E-state index < -0.39 is 6.04 Å². The standard InChI is InChI=1S/C30H51NO2/c1-7-8-9-10-11-12-13-14-15-16-21-33-30(32)29(25(4)5)31-23-26(6)22-27-17-19-28(20-18-27)24(2)3/h17-20,23-26,29H,7-16,21-22H2,1-6H3. The third kappa shape index (κ3) is 13.6. The Hall–Kier alpha value is -1.64. The zero-order valence-corrected chi connectivity index (χ0v) is 22.4. The molecular weight excluding hydrogens is 406 g/mol. The van der Waals surface area contributed by atoms with E-state index in [9.17, 15) is 4.79 Å². The van der Waals surface area contributed by atoms with Gasteiger partial charge in [0.2, 0.25) is 0 Å². The van der Waals surface area contributed by atoms with E-state index in [1.807, 2.05) is 20.1 Å². The predicted molar refractivity (Wildman–Crippen MR) is 143 cm³/mol. The maximum atomic E-state index is 12.6. The van der Waals surface area contributed by atoms with Crippen LogP contribution in [0.2, 0.25) is 0 Å². The SMILES string of the molecule is CCCCCCCCCCCCOC(=O)C(N=CC(C)Cc1ccc(C(C)C)cc1)C(C)C. The maximum absolute atomic E-state index is 12.6. The first-order valence-corrected chi connectivity index (χ1v) is 13.6. The van der Waals surface area contributed by atoms with E-state index >= 15 is 0 Å². The lowest BCUT2D eigenvalue weighted by atomic mass is 9.97. The first-order valence-electron chi connectivity index (χ1n) is 13.6. The second kappa shape index (κ2) is 17.8. The zero-order valence-electron chi connectivity index (χ0n) is 22.4. The fraction of sp³-hybridized carbons (Fsp3) is 0.733. The van der Waals surface area contributed by atoms with Crippen molar-refractivity contribution < 1.29 is 9.53 Å². The van der Waals surface area contributed by atoms with Crippen molar-refractivity contribution in [3.05, 3.63) is 35.4 Å². The summed E-state index contributed by atoms with van der Waals surface area (Å²) in [6.07, 6.45) is 15.7. The Labute approximate surface area is 204 Å². The number of hydrogen-bond donors (Lipinski definition) is 0. The van der Waals surface area contributed by atoms with Gasteiger partial charge in [-0.15, -0.1) is 0 Å². The number of benzene rings is 1. The van der Waals surface area contributed by atoms with Crippen LogP contribution in [-0.4, -0.2) is 24.8 Å². The van der Waals surface area contributed by atoms with Gasteiger partial charge in [-0.05, 0) is 41.7 Å². The molecule has 0 radical (unpaired) electrons. The topological polar surface area (TPSA) is 38.7 Å². The van der Waals surface area contributed by atoms with Gasteiger partial charge in [-0.25, -0.2) is 4.79 Å². The molecule has 0 saturated carbocycles. The van der Waals surface area contributed by atoms with Gasteiger partial charge in [0.15, 0.2) is 0 Å². The van der Waals surface area contributed by atoms with Gasteiger partial charge in [-0.1, -0.05) is 124 Å². The van der Waals surface area contributed by atoms with Crippen LogP contribution in [0.15, 0.2) is 29.3 Å². The Morgan fingerprint density at radius 3 is 1.91 bits per heavy atom. The summed E-state index contributed by atoms with van der Waals surface area (Å²) in [5.41, 5.74) is 2.67. The van der Waals surface area contributed by atoms with E-state index in [1.165, 1.54) is 62.5 Å². The minimum absolute atomic E-state index is 0.138. The van der Waals surface area contributed by atoms with Crippen LogP contribution in [0.3, 0.4) is 0 Å². The lowest BCUT2D eigenvalue weighted by Crippen LogP contribution is -2.27. The third-order valence-electron chi connectivity index (χ3n) is 6.32. The second-order valence-electron chi connectivity index (χ2n) is 10.4. The van der Waals surface area contributed by atoms with E-state index in [4.69, 9.17) is 4.74 Å². The molecule has 0 amide bonds. The molecule has 0 aliphatic carbocycles. The third-order valence-corrected chi connectivity index (χ3v) is 6.32. The molecule has 3 nitrogen and oxygen atoms in total. The van der Waals surface area contributed by atoms with E-state index in [0.717, 1.165) is 19.3 Å². The zero-order chi connectivity index (χ0) is 24.5. The van der Waals surface area contributed by atoms with Crippen LogP contribution in [0, 0.1) is 11.8 Å². The van der Waals surface area contributed by atoms with Crippen molar-refractivity contribution >= 4 is 12.2 Å². The van der Waals surface area contributed by atoms with Crippen LogP contribution in [0.1, 0.15) is 123 Å². The molecule has 0 aliphatic rings. The monoisotopic (exact) mass is 457 g/mol. The molecule has 0 aliphatic heterocycles. The first kappa shape index (κ1) is 29.4. The van der Waals surface area contributed by atoms with E-state index in [-0.39, 0.29) is 17.8 Å². The fourth-order valence-corrected chi connectivity index (χ4v) is 4.06. The molecule has 2 unspecified atom stereocenters. The molecule has 33 heavy (non-hydrogen) atoms. The van der Waals surface area contributed by atoms with Crippen LogP contribution in [-0.2, 0) is 16.0 Å². The van der Waals surface area contributed by atoms with Gasteiger partial charge in [-0.2, -0.15) is 0 Å². The molecule has 0 saturated heterocycles. The van der Waals surface area contributed by atoms with Gasteiger partial charge in [0.1, 0.15) is 6.04 Å². The molecule has 188 valence electrons. The average Bonchev–Trinajstić information content (AvgIpc) is 2.77. The van der Waals surface area contributed by atoms with Crippen LogP contribution in [0.5, 0.6) is 0 Å². The molecule has 1 aromatic rings. The Kier molecular flexibility index (Phi) is 15.8. The van der Waals surface area contributed by atoms with Crippen molar-refractivity contribution in [3.63, 3.8) is 0 Å². The van der Waals surface area contributed by atoms with Crippen LogP contribution in [0.25, 0.3) is 0 Å². The van der Waals surface area contributed by atoms with Crippen molar-refractivity contribution in [3.8, 4) is 0 Å². The minimum atomic E-state index is -0.404. The van der Waals surface area contributed by atoms with Crippen molar-refractivity contribution in [2.75, 3.05) is 6.61 Å². The predicted octanol–water partition coefficient (Wildman–Crippen LogP) is 8.55. The summed E-state index contributed by atoms with van der Waals surface area (Å²) in [7, 11) is 0. The van der Waals surface area contributed by atoms with Gasteiger partial charge >= 0.3 is 5.97 Å². The average molecular weight is 458 g/mol. The molecule has 0 fully saturated rings. The summed E-state index contributed by atoms with van der Waals surface area (Å²) in [6.45, 7) is 13.4. The van der Waals surface area contributed by atoms with Crippen molar-refractivity contribution in [2.24, 2.45) is 16.8 Å². The lowest BCUT2D eigenvalue weighted by molar-refractivity contribution is -0.146. The highest BCUT2D eigenvalue weighted by molar-refractivity contribution is 5.78. The molecule has 1 rings (SSSR count). The second-order valence-corrected chi connectivity index (χ2v) is 10.4. The molecule has 2 atom stereocenters. The van der Waals surface area contributed by atoms with Crippen molar-refractivity contribution in [1.29, 1.82) is 0 Å². The summed E-state index contributed by atoms with van der Waals surface area (Å²) < 4.78 is 5.57. The molecule has 3 heteroatoms. The molecule has 1 aromatic carbocycles. The number of unbranched alkanes of at least 4 members (excludes halogenated alkanes) is 9. The van der Waals surface area contributed by atoms with Crippen LogP contribution >= 0.6 is 0 Å². The molecule has 0 spiro atoms. The summed E-state index contributed by atoms with van der Waals surface area (Å²) >= 11 is 0. The number of aliphatic imine (C=N–C) groups is 1. The Balaban J connectivity index is 2.29. The summed E-state index contributed by atoms with van der Waals surface area (Å²) in [5.74, 6) is 0.798.